The molecule has 0 heterocycles. The first kappa shape index (κ1) is 7.60. The summed E-state index contributed by atoms with van der Waals surface area (Å²) < 4.78 is 12.4. The largest absolute Gasteiger partial charge is 0.294 e. The van der Waals surface area contributed by atoms with Gasteiger partial charge >= 0.3 is 0 Å². The van der Waals surface area contributed by atoms with E-state index in [9.17, 15) is 14.0 Å². The van der Waals surface area contributed by atoms with Crippen molar-refractivity contribution < 1.29 is 14.0 Å². The van der Waals surface area contributed by atoms with E-state index in [1.54, 1.807) is 0 Å². The number of ketones is 1. The molecule has 1 aromatic rings. The number of Topliss-reactive ketones (excluding diaryl/α,β-unsaturated/α-hetero) is 1. The Kier molecular flexibility index (Phi) is 2.11. The Labute approximate surface area is 62.6 Å². The van der Waals surface area contributed by atoms with Crippen molar-refractivity contribution in [2.75, 3.05) is 0 Å². The van der Waals surface area contributed by atoms with Crippen LogP contribution in [0.3, 0.4) is 0 Å². The van der Waals surface area contributed by atoms with Crippen molar-refractivity contribution in [2.45, 2.75) is 0 Å². The Bertz CT molecular complexity index is 294. The number of halogens is 1. The molecule has 0 spiro atoms. The molecule has 0 radical (unpaired) electrons. The standard InChI is InChI=1S/C8H5FO2/c9-7-3-1-2-6(4-7)8(11)5-10/h1-5H. The van der Waals surface area contributed by atoms with Crippen LogP contribution in [0.25, 0.3) is 0 Å². The molecule has 0 amide bonds. The molecule has 0 aliphatic heterocycles. The van der Waals surface area contributed by atoms with E-state index in [2.05, 4.69) is 0 Å². The van der Waals surface area contributed by atoms with Crippen molar-refractivity contribution in [2.24, 2.45) is 0 Å². The average Bonchev–Trinajstić information content (AvgIpc) is 2.03. The normalized spacial score (nSPS) is 9.18. The van der Waals surface area contributed by atoms with Gasteiger partial charge in [0.15, 0.2) is 6.29 Å². The number of aldehydes is 1. The fourth-order valence-electron chi connectivity index (χ4n) is 0.710. The van der Waals surface area contributed by atoms with Crippen LogP contribution in [0.5, 0.6) is 0 Å². The van der Waals surface area contributed by atoms with Gasteiger partial charge in [0, 0.05) is 5.56 Å². The Hall–Kier alpha value is -1.51. The zero-order chi connectivity index (χ0) is 8.27. The van der Waals surface area contributed by atoms with E-state index in [0.29, 0.717) is 0 Å². The molecule has 0 atom stereocenters. The molecule has 0 saturated carbocycles. The third kappa shape index (κ3) is 1.70. The van der Waals surface area contributed by atoms with Gasteiger partial charge in [-0.05, 0) is 12.1 Å². The second-order valence-electron chi connectivity index (χ2n) is 1.99. The second-order valence-corrected chi connectivity index (χ2v) is 1.99. The van der Waals surface area contributed by atoms with Crippen LogP contribution in [0, 0.1) is 5.82 Å². The molecular weight excluding hydrogens is 147 g/mol. The number of hydrogen-bond acceptors (Lipinski definition) is 2. The minimum atomic E-state index is -0.704. The Morgan fingerprint density at radius 3 is 2.73 bits per heavy atom. The zero-order valence-electron chi connectivity index (χ0n) is 5.58. The highest BCUT2D eigenvalue weighted by Gasteiger charge is 2.02. The average molecular weight is 152 g/mol. The minimum Gasteiger partial charge on any atom is -0.294 e. The van der Waals surface area contributed by atoms with E-state index >= 15 is 0 Å². The van der Waals surface area contributed by atoms with Crippen molar-refractivity contribution in [3.05, 3.63) is 35.6 Å². The Balaban J connectivity index is 3.05. The number of benzene rings is 1. The van der Waals surface area contributed by atoms with Crippen LogP contribution < -0.4 is 0 Å². The summed E-state index contributed by atoms with van der Waals surface area (Å²) in [7, 11) is 0. The number of carbonyl (C=O) groups is 2. The monoisotopic (exact) mass is 152 g/mol. The molecule has 56 valence electrons. The summed E-state index contributed by atoms with van der Waals surface area (Å²) >= 11 is 0. The topological polar surface area (TPSA) is 34.1 Å². The lowest BCUT2D eigenvalue weighted by molar-refractivity contribution is -0.104. The lowest BCUT2D eigenvalue weighted by Gasteiger charge is -1.91. The maximum Gasteiger partial charge on any atom is 0.225 e. The van der Waals surface area contributed by atoms with Crippen molar-refractivity contribution in [3.8, 4) is 0 Å². The molecule has 11 heavy (non-hydrogen) atoms. The van der Waals surface area contributed by atoms with E-state index in [0.717, 1.165) is 6.07 Å². The van der Waals surface area contributed by atoms with E-state index in [-0.39, 0.29) is 11.8 Å². The van der Waals surface area contributed by atoms with Crippen molar-refractivity contribution in [1.82, 2.24) is 0 Å². The predicted octanol–water partition coefficient (Wildman–Crippen LogP) is 1.21. The maximum absolute atomic E-state index is 12.4. The third-order valence-electron chi connectivity index (χ3n) is 1.22. The fourth-order valence-corrected chi connectivity index (χ4v) is 0.710. The molecule has 0 aromatic heterocycles. The van der Waals surface area contributed by atoms with Crippen molar-refractivity contribution in [3.63, 3.8) is 0 Å². The van der Waals surface area contributed by atoms with Gasteiger partial charge < -0.3 is 0 Å². The lowest BCUT2D eigenvalue weighted by atomic mass is 10.1. The van der Waals surface area contributed by atoms with Gasteiger partial charge in [0.05, 0.1) is 0 Å². The fraction of sp³-hybridized carbons (Fsp3) is 0. The van der Waals surface area contributed by atoms with E-state index in [1.807, 2.05) is 0 Å². The molecule has 0 unspecified atom stereocenters. The van der Waals surface area contributed by atoms with Crippen LogP contribution in [0.1, 0.15) is 10.4 Å². The number of carbonyl (C=O) groups excluding carboxylic acids is 2. The molecule has 2 nitrogen and oxygen atoms in total. The number of hydrogen-bond donors (Lipinski definition) is 0. The van der Waals surface area contributed by atoms with E-state index in [4.69, 9.17) is 0 Å². The highest BCUT2D eigenvalue weighted by atomic mass is 19.1. The smallest absolute Gasteiger partial charge is 0.225 e. The molecule has 3 heteroatoms. The summed E-state index contributed by atoms with van der Waals surface area (Å²) in [4.78, 5) is 20.6. The summed E-state index contributed by atoms with van der Waals surface area (Å²) in [6, 6.07) is 5.00. The summed E-state index contributed by atoms with van der Waals surface area (Å²) in [6.45, 7) is 0. The van der Waals surface area contributed by atoms with E-state index < -0.39 is 11.6 Å². The van der Waals surface area contributed by atoms with Crippen LogP contribution in [0.15, 0.2) is 24.3 Å². The van der Waals surface area contributed by atoms with Gasteiger partial charge in [0.1, 0.15) is 5.82 Å². The number of rotatable bonds is 2. The highest BCUT2D eigenvalue weighted by Crippen LogP contribution is 2.02. The second kappa shape index (κ2) is 3.05. The highest BCUT2D eigenvalue weighted by molar-refractivity contribution is 6.33. The van der Waals surface area contributed by atoms with Crippen LogP contribution >= 0.6 is 0 Å². The molecular formula is C8H5FO2. The molecule has 1 aromatic carbocycles. The quantitative estimate of drug-likeness (QED) is 0.362. The molecule has 1 rings (SSSR count). The molecule has 0 fully saturated rings. The Morgan fingerprint density at radius 2 is 2.18 bits per heavy atom. The first-order valence-corrected chi connectivity index (χ1v) is 2.99. The lowest BCUT2D eigenvalue weighted by Crippen LogP contribution is -1.99. The van der Waals surface area contributed by atoms with Gasteiger partial charge in [-0.1, -0.05) is 12.1 Å². The SMILES string of the molecule is O=CC(=O)c1cccc(F)c1. The summed E-state index contributed by atoms with van der Waals surface area (Å²) in [5, 5.41) is 0. The molecule has 0 saturated heterocycles. The Morgan fingerprint density at radius 1 is 1.45 bits per heavy atom. The van der Waals surface area contributed by atoms with Crippen molar-refractivity contribution >= 4 is 12.1 Å². The van der Waals surface area contributed by atoms with E-state index in [1.165, 1.54) is 18.2 Å². The summed E-state index contributed by atoms with van der Waals surface area (Å²) in [5.41, 5.74) is 0.0833. The first-order chi connectivity index (χ1) is 5.24. The molecule has 0 N–H and O–H groups in total. The predicted molar refractivity (Wildman–Crippen MR) is 36.8 cm³/mol. The van der Waals surface area contributed by atoms with Gasteiger partial charge in [-0.25, -0.2) is 4.39 Å². The van der Waals surface area contributed by atoms with Gasteiger partial charge in [-0.3, -0.25) is 9.59 Å². The van der Waals surface area contributed by atoms with Crippen LogP contribution in [0.2, 0.25) is 0 Å². The van der Waals surface area contributed by atoms with Gasteiger partial charge in [-0.15, -0.1) is 0 Å². The minimum absolute atomic E-state index is 0.0833. The van der Waals surface area contributed by atoms with Crippen LogP contribution in [-0.2, 0) is 4.79 Å². The van der Waals surface area contributed by atoms with Gasteiger partial charge in [0.2, 0.25) is 5.78 Å². The first-order valence-electron chi connectivity index (χ1n) is 2.99. The molecule has 0 aliphatic rings. The maximum atomic E-state index is 12.4. The van der Waals surface area contributed by atoms with Gasteiger partial charge in [-0.2, -0.15) is 0 Å². The van der Waals surface area contributed by atoms with Crippen LogP contribution in [-0.4, -0.2) is 12.1 Å². The zero-order valence-corrected chi connectivity index (χ0v) is 5.58. The van der Waals surface area contributed by atoms with Crippen molar-refractivity contribution in [1.29, 1.82) is 0 Å². The third-order valence-corrected chi connectivity index (χ3v) is 1.22. The molecule has 0 bridgehead atoms. The summed E-state index contributed by atoms with van der Waals surface area (Å²) in [5.74, 6) is -1.22. The van der Waals surface area contributed by atoms with Crippen LogP contribution in [0.4, 0.5) is 4.39 Å². The summed E-state index contributed by atoms with van der Waals surface area (Å²) in [6.07, 6.45) is 0.161. The van der Waals surface area contributed by atoms with Gasteiger partial charge in [0.25, 0.3) is 0 Å². The molecule has 0 aliphatic carbocycles.